The van der Waals surface area contributed by atoms with E-state index in [9.17, 15) is 4.39 Å². The van der Waals surface area contributed by atoms with Gasteiger partial charge in [-0.05, 0) is 60.6 Å². The number of rotatable bonds is 5. The summed E-state index contributed by atoms with van der Waals surface area (Å²) in [5.41, 5.74) is 1.32. The van der Waals surface area contributed by atoms with Crippen molar-refractivity contribution in [2.24, 2.45) is 5.92 Å². The molecule has 0 amide bonds. The minimum Gasteiger partial charge on any atom is -0.459 e. The van der Waals surface area contributed by atoms with Gasteiger partial charge < -0.3 is 14.6 Å². The second-order valence-corrected chi connectivity index (χ2v) is 8.80. The summed E-state index contributed by atoms with van der Waals surface area (Å²) in [6, 6.07) is 14.2. The normalized spacial score (nSPS) is 19.1. The number of thiocarbonyl (C=S) groups is 1. The molecule has 1 aliphatic rings. The highest BCUT2D eigenvalue weighted by Gasteiger charge is 2.41. The maximum Gasteiger partial charge on any atom is 0.170 e. The van der Waals surface area contributed by atoms with Crippen LogP contribution in [0.15, 0.2) is 63.6 Å². The molecule has 0 radical (unpaired) electrons. The van der Waals surface area contributed by atoms with E-state index in [1.54, 1.807) is 18.3 Å². The molecule has 2 atom stereocenters. The Kier molecular flexibility index (Phi) is 5.69. The van der Waals surface area contributed by atoms with Gasteiger partial charge in [0.2, 0.25) is 0 Å². The van der Waals surface area contributed by atoms with Crippen LogP contribution in [0.1, 0.15) is 37.4 Å². The molecule has 4 rings (SSSR count). The SMILES string of the molecule is CC(C)CN1C(=S)NC(c2ccccn2)C1c1ccc(-c2ccc(Br)cc2F)o1. The topological polar surface area (TPSA) is 41.3 Å². The molecule has 4 nitrogen and oxygen atoms in total. The first-order chi connectivity index (χ1) is 13.9. The van der Waals surface area contributed by atoms with Crippen molar-refractivity contribution in [3.05, 3.63) is 76.5 Å². The smallest absolute Gasteiger partial charge is 0.170 e. The third-order valence-corrected chi connectivity index (χ3v) is 5.72. The van der Waals surface area contributed by atoms with Crippen LogP contribution in [-0.4, -0.2) is 21.5 Å². The number of benzene rings is 1. The highest BCUT2D eigenvalue weighted by atomic mass is 79.9. The fourth-order valence-corrected chi connectivity index (χ4v) is 4.30. The van der Waals surface area contributed by atoms with Crippen LogP contribution in [0.5, 0.6) is 0 Å². The Morgan fingerprint density at radius 2 is 2.07 bits per heavy atom. The van der Waals surface area contributed by atoms with E-state index in [0.717, 1.165) is 18.0 Å². The van der Waals surface area contributed by atoms with Crippen LogP contribution in [0.25, 0.3) is 11.3 Å². The van der Waals surface area contributed by atoms with Gasteiger partial charge in [0.05, 0.1) is 17.3 Å². The van der Waals surface area contributed by atoms with E-state index in [1.807, 2.05) is 30.3 Å². The molecule has 1 N–H and O–H groups in total. The molecule has 3 aromatic rings. The third-order valence-electron chi connectivity index (χ3n) is 4.87. The summed E-state index contributed by atoms with van der Waals surface area (Å²) in [6.07, 6.45) is 1.77. The quantitative estimate of drug-likeness (QED) is 0.469. The Balaban J connectivity index is 1.74. The monoisotopic (exact) mass is 473 g/mol. The molecule has 0 aliphatic carbocycles. The summed E-state index contributed by atoms with van der Waals surface area (Å²) >= 11 is 8.92. The van der Waals surface area contributed by atoms with Gasteiger partial charge in [-0.3, -0.25) is 4.98 Å². The zero-order valence-electron chi connectivity index (χ0n) is 16.1. The van der Waals surface area contributed by atoms with Crippen molar-refractivity contribution in [1.82, 2.24) is 15.2 Å². The van der Waals surface area contributed by atoms with E-state index in [0.29, 0.717) is 26.8 Å². The fraction of sp³-hybridized carbons (Fsp3) is 0.273. The van der Waals surface area contributed by atoms with Crippen LogP contribution in [0.4, 0.5) is 4.39 Å². The van der Waals surface area contributed by atoms with Gasteiger partial charge in [-0.25, -0.2) is 4.39 Å². The average Bonchev–Trinajstić information content (AvgIpc) is 3.27. The van der Waals surface area contributed by atoms with Gasteiger partial charge in [0, 0.05) is 17.2 Å². The van der Waals surface area contributed by atoms with Crippen LogP contribution < -0.4 is 5.32 Å². The molecule has 1 aromatic carbocycles. The van der Waals surface area contributed by atoms with Crippen LogP contribution in [-0.2, 0) is 0 Å². The Labute approximate surface area is 183 Å². The van der Waals surface area contributed by atoms with Gasteiger partial charge in [-0.15, -0.1) is 0 Å². The number of pyridine rings is 1. The molecule has 29 heavy (non-hydrogen) atoms. The van der Waals surface area contributed by atoms with Crippen LogP contribution >= 0.6 is 28.1 Å². The number of aromatic nitrogens is 1. The maximum absolute atomic E-state index is 14.4. The zero-order valence-corrected chi connectivity index (χ0v) is 18.5. The number of nitrogens with one attached hydrogen (secondary N) is 1. The van der Waals surface area contributed by atoms with Crippen LogP contribution in [0, 0.1) is 11.7 Å². The molecule has 1 saturated heterocycles. The number of halogens is 2. The third kappa shape index (κ3) is 4.07. The summed E-state index contributed by atoms with van der Waals surface area (Å²) in [5, 5.41) is 4.07. The first-order valence-electron chi connectivity index (χ1n) is 9.47. The van der Waals surface area contributed by atoms with E-state index >= 15 is 0 Å². The highest BCUT2D eigenvalue weighted by molar-refractivity contribution is 9.10. The Morgan fingerprint density at radius 3 is 2.76 bits per heavy atom. The Hall–Kier alpha value is -2.25. The van der Waals surface area contributed by atoms with Crippen molar-refractivity contribution >= 4 is 33.3 Å². The summed E-state index contributed by atoms with van der Waals surface area (Å²) < 4.78 is 21.3. The fourth-order valence-electron chi connectivity index (χ4n) is 3.65. The summed E-state index contributed by atoms with van der Waals surface area (Å²) in [7, 11) is 0. The lowest BCUT2D eigenvalue weighted by Gasteiger charge is -2.27. The van der Waals surface area contributed by atoms with E-state index in [-0.39, 0.29) is 17.9 Å². The number of hydrogen-bond donors (Lipinski definition) is 1. The summed E-state index contributed by atoms with van der Waals surface area (Å²) in [6.45, 7) is 5.08. The van der Waals surface area contributed by atoms with Gasteiger partial charge in [-0.1, -0.05) is 35.8 Å². The van der Waals surface area contributed by atoms with E-state index in [1.165, 1.54) is 6.07 Å². The lowest BCUT2D eigenvalue weighted by molar-refractivity contribution is 0.253. The van der Waals surface area contributed by atoms with Crippen molar-refractivity contribution in [3.63, 3.8) is 0 Å². The molecule has 2 unspecified atom stereocenters. The van der Waals surface area contributed by atoms with Gasteiger partial charge in [0.15, 0.2) is 5.11 Å². The summed E-state index contributed by atoms with van der Waals surface area (Å²) in [4.78, 5) is 6.66. The van der Waals surface area contributed by atoms with Gasteiger partial charge in [0.25, 0.3) is 0 Å². The number of hydrogen-bond acceptors (Lipinski definition) is 3. The molecule has 0 spiro atoms. The zero-order chi connectivity index (χ0) is 20.5. The predicted octanol–water partition coefficient (Wildman–Crippen LogP) is 5.87. The predicted molar refractivity (Wildman–Crippen MR) is 119 cm³/mol. The molecular weight excluding hydrogens is 453 g/mol. The molecule has 7 heteroatoms. The molecular formula is C22H21BrFN3OS. The number of furan rings is 1. The van der Waals surface area contributed by atoms with Crippen LogP contribution in [0.2, 0.25) is 0 Å². The minimum absolute atomic E-state index is 0.142. The molecule has 150 valence electrons. The standard InChI is InChI=1S/C22H21BrFN3OS/c1-13(2)12-27-21(20(26-22(27)29)17-5-3-4-10-25-17)19-9-8-18(28-19)15-7-6-14(23)11-16(15)24/h3-11,13,20-21H,12H2,1-2H3,(H,26,29). The van der Waals surface area contributed by atoms with Gasteiger partial charge in [-0.2, -0.15) is 0 Å². The number of nitrogens with zero attached hydrogens (tertiary/aromatic N) is 2. The molecule has 1 aliphatic heterocycles. The largest absolute Gasteiger partial charge is 0.459 e. The van der Waals surface area contributed by atoms with Crippen molar-refractivity contribution in [3.8, 4) is 11.3 Å². The lowest BCUT2D eigenvalue weighted by atomic mass is 10.0. The molecule has 0 saturated carbocycles. The Morgan fingerprint density at radius 1 is 1.24 bits per heavy atom. The first-order valence-corrected chi connectivity index (χ1v) is 10.7. The van der Waals surface area contributed by atoms with E-state index in [4.69, 9.17) is 16.6 Å². The minimum atomic E-state index is -0.333. The van der Waals surface area contributed by atoms with Crippen molar-refractivity contribution in [1.29, 1.82) is 0 Å². The van der Waals surface area contributed by atoms with Crippen molar-refractivity contribution in [2.45, 2.75) is 25.9 Å². The first kappa shape index (κ1) is 20.0. The van der Waals surface area contributed by atoms with E-state index in [2.05, 4.69) is 45.0 Å². The van der Waals surface area contributed by atoms with Crippen molar-refractivity contribution < 1.29 is 8.81 Å². The Bertz CT molecular complexity index is 1020. The van der Waals surface area contributed by atoms with Gasteiger partial charge >= 0.3 is 0 Å². The van der Waals surface area contributed by atoms with Crippen LogP contribution in [0.3, 0.4) is 0 Å². The van der Waals surface area contributed by atoms with Gasteiger partial charge in [0.1, 0.15) is 23.4 Å². The summed E-state index contributed by atoms with van der Waals surface area (Å²) in [5.74, 6) is 1.30. The van der Waals surface area contributed by atoms with E-state index < -0.39 is 0 Å². The molecule has 0 bridgehead atoms. The molecule has 2 aromatic heterocycles. The molecule has 3 heterocycles. The lowest BCUT2D eigenvalue weighted by Crippen LogP contribution is -2.32. The average molecular weight is 474 g/mol. The highest BCUT2D eigenvalue weighted by Crippen LogP contribution is 2.41. The second kappa shape index (κ2) is 8.24. The second-order valence-electron chi connectivity index (χ2n) is 7.50. The maximum atomic E-state index is 14.4. The molecule has 1 fully saturated rings. The van der Waals surface area contributed by atoms with Crippen molar-refractivity contribution in [2.75, 3.05) is 6.54 Å².